The van der Waals surface area contributed by atoms with Gasteiger partial charge in [0, 0.05) is 32.0 Å². The Morgan fingerprint density at radius 1 is 0.967 bits per heavy atom. The Morgan fingerprint density at radius 3 is 2.50 bits per heavy atom. The molecule has 0 atom stereocenters. The van der Waals surface area contributed by atoms with E-state index in [1.165, 1.54) is 38.8 Å². The minimum Gasteiger partial charge on any atom is -0.345 e. The lowest BCUT2D eigenvalue weighted by Crippen LogP contribution is -2.27. The van der Waals surface area contributed by atoms with Crippen molar-refractivity contribution in [1.82, 2.24) is 8.87 Å². The molecule has 30 heavy (non-hydrogen) atoms. The molecule has 1 saturated heterocycles. The number of fused-ring (bicyclic) bond motifs is 3. The number of hydrogen-bond donors (Lipinski definition) is 1. The van der Waals surface area contributed by atoms with Crippen LogP contribution in [0.5, 0.6) is 0 Å². The van der Waals surface area contributed by atoms with Gasteiger partial charge in [0.1, 0.15) is 10.6 Å². The molecule has 1 aliphatic carbocycles. The molecule has 1 amide bonds. The fourth-order valence-corrected chi connectivity index (χ4v) is 5.99. The Kier molecular flexibility index (Phi) is 4.52. The van der Waals surface area contributed by atoms with Crippen molar-refractivity contribution in [2.75, 3.05) is 18.4 Å². The SMILES string of the molecule is Cn1cc(S(=O)(=O)N2CCCC2)cc1C(=O)Nc1ccc2c(c1)Cc1ccccc1-2. The van der Waals surface area contributed by atoms with Crippen molar-refractivity contribution in [3.63, 3.8) is 0 Å². The van der Waals surface area contributed by atoms with E-state index in [0.717, 1.165) is 19.3 Å². The van der Waals surface area contributed by atoms with Crippen molar-refractivity contribution in [3.8, 4) is 11.1 Å². The number of sulfonamides is 1. The summed E-state index contributed by atoms with van der Waals surface area (Å²) >= 11 is 0. The van der Waals surface area contributed by atoms with Crippen molar-refractivity contribution < 1.29 is 13.2 Å². The van der Waals surface area contributed by atoms with Gasteiger partial charge in [-0.1, -0.05) is 30.3 Å². The zero-order chi connectivity index (χ0) is 20.9. The van der Waals surface area contributed by atoms with Gasteiger partial charge in [-0.2, -0.15) is 4.31 Å². The average molecular weight is 422 g/mol. The molecule has 0 radical (unpaired) electrons. The van der Waals surface area contributed by atoms with Gasteiger partial charge in [-0.3, -0.25) is 4.79 Å². The first-order valence-corrected chi connectivity index (χ1v) is 11.6. The maximum Gasteiger partial charge on any atom is 0.272 e. The summed E-state index contributed by atoms with van der Waals surface area (Å²) in [7, 11) is -1.86. The smallest absolute Gasteiger partial charge is 0.272 e. The van der Waals surface area contributed by atoms with Crippen LogP contribution in [0.15, 0.2) is 59.6 Å². The van der Waals surface area contributed by atoms with E-state index in [-0.39, 0.29) is 10.8 Å². The fraction of sp³-hybridized carbons (Fsp3) is 0.261. The molecular formula is C23H23N3O3S. The lowest BCUT2D eigenvalue weighted by atomic mass is 10.1. The van der Waals surface area contributed by atoms with E-state index in [4.69, 9.17) is 0 Å². The number of nitrogens with zero attached hydrogens (tertiary/aromatic N) is 2. The molecule has 2 heterocycles. The highest BCUT2D eigenvalue weighted by molar-refractivity contribution is 7.89. The van der Waals surface area contributed by atoms with Crippen molar-refractivity contribution in [1.29, 1.82) is 0 Å². The van der Waals surface area contributed by atoms with Crippen LogP contribution in [0.4, 0.5) is 5.69 Å². The Labute approximate surface area is 176 Å². The molecular weight excluding hydrogens is 398 g/mol. The summed E-state index contributed by atoms with van der Waals surface area (Å²) in [4.78, 5) is 13.0. The number of nitrogens with one attached hydrogen (secondary N) is 1. The van der Waals surface area contributed by atoms with E-state index < -0.39 is 10.0 Å². The first kappa shape index (κ1) is 19.1. The Morgan fingerprint density at radius 2 is 1.70 bits per heavy atom. The van der Waals surface area contributed by atoms with Gasteiger partial charge in [0.25, 0.3) is 5.91 Å². The van der Waals surface area contributed by atoms with Crippen molar-refractivity contribution in [2.24, 2.45) is 7.05 Å². The Balaban J connectivity index is 1.38. The molecule has 0 spiro atoms. The molecule has 3 aromatic rings. The van der Waals surface area contributed by atoms with Crippen LogP contribution in [0.2, 0.25) is 0 Å². The van der Waals surface area contributed by atoms with Crippen LogP contribution in [0.3, 0.4) is 0 Å². The molecule has 1 aliphatic heterocycles. The highest BCUT2D eigenvalue weighted by Gasteiger charge is 2.29. The summed E-state index contributed by atoms with van der Waals surface area (Å²) in [6, 6.07) is 15.7. The Hall–Kier alpha value is -2.90. The lowest BCUT2D eigenvalue weighted by Gasteiger charge is -2.13. The highest BCUT2D eigenvalue weighted by Crippen LogP contribution is 2.37. The second-order valence-electron chi connectivity index (χ2n) is 7.94. The predicted molar refractivity (Wildman–Crippen MR) is 116 cm³/mol. The number of rotatable bonds is 4. The molecule has 154 valence electrons. The highest BCUT2D eigenvalue weighted by atomic mass is 32.2. The van der Waals surface area contributed by atoms with Gasteiger partial charge >= 0.3 is 0 Å². The van der Waals surface area contributed by atoms with Gasteiger partial charge in [-0.15, -0.1) is 0 Å². The molecule has 1 aromatic heterocycles. The first-order chi connectivity index (χ1) is 14.4. The van der Waals surface area contributed by atoms with Crippen molar-refractivity contribution in [3.05, 3.63) is 71.5 Å². The number of aromatic nitrogens is 1. The van der Waals surface area contributed by atoms with Crippen molar-refractivity contribution in [2.45, 2.75) is 24.2 Å². The molecule has 2 aromatic carbocycles. The minimum atomic E-state index is -3.55. The number of benzene rings is 2. The van der Waals surface area contributed by atoms with Crippen molar-refractivity contribution >= 4 is 21.6 Å². The third-order valence-electron chi connectivity index (χ3n) is 5.97. The largest absolute Gasteiger partial charge is 0.345 e. The van der Waals surface area contributed by atoms with E-state index in [1.54, 1.807) is 11.6 Å². The summed E-state index contributed by atoms with van der Waals surface area (Å²) in [5, 5.41) is 2.92. The van der Waals surface area contributed by atoms with E-state index in [1.807, 2.05) is 30.3 Å². The van der Waals surface area contributed by atoms with E-state index in [0.29, 0.717) is 24.5 Å². The van der Waals surface area contributed by atoms with Gasteiger partial charge in [0.15, 0.2) is 0 Å². The normalized spacial score (nSPS) is 15.8. The standard InChI is InChI=1S/C23H23N3O3S/c1-25-15-19(30(28,29)26-10-4-5-11-26)14-22(25)23(27)24-18-8-9-21-17(13-18)12-16-6-2-3-7-20(16)21/h2-3,6-9,13-15H,4-5,10-12H2,1H3,(H,24,27). The third kappa shape index (κ3) is 3.14. The van der Waals surface area contributed by atoms with E-state index in [9.17, 15) is 13.2 Å². The predicted octanol–water partition coefficient (Wildman–Crippen LogP) is 3.63. The van der Waals surface area contributed by atoms with Gasteiger partial charge in [0.05, 0.1) is 0 Å². The number of carbonyl (C=O) groups excluding carboxylic acids is 1. The van der Waals surface area contributed by atoms with Crippen LogP contribution in [-0.4, -0.2) is 36.3 Å². The summed E-state index contributed by atoms with van der Waals surface area (Å²) in [5.41, 5.74) is 5.92. The van der Waals surface area contributed by atoms with Gasteiger partial charge in [-0.25, -0.2) is 8.42 Å². The van der Waals surface area contributed by atoms with E-state index >= 15 is 0 Å². The lowest BCUT2D eigenvalue weighted by molar-refractivity contribution is 0.101. The van der Waals surface area contributed by atoms with Crippen LogP contribution in [0.25, 0.3) is 11.1 Å². The maximum absolute atomic E-state index is 12.9. The summed E-state index contributed by atoms with van der Waals surface area (Å²) in [6.07, 6.45) is 4.11. The number of hydrogen-bond acceptors (Lipinski definition) is 3. The summed E-state index contributed by atoms with van der Waals surface area (Å²) in [5.74, 6) is -0.323. The summed E-state index contributed by atoms with van der Waals surface area (Å²) < 4.78 is 28.7. The number of carbonyl (C=O) groups is 1. The van der Waals surface area contributed by atoms with Crippen LogP contribution < -0.4 is 5.32 Å². The monoisotopic (exact) mass is 421 g/mol. The van der Waals surface area contributed by atoms with E-state index in [2.05, 4.69) is 17.4 Å². The minimum absolute atomic E-state index is 0.168. The zero-order valence-electron chi connectivity index (χ0n) is 16.8. The van der Waals surface area contributed by atoms with Crippen LogP contribution >= 0.6 is 0 Å². The molecule has 6 nitrogen and oxygen atoms in total. The third-order valence-corrected chi connectivity index (χ3v) is 7.83. The summed E-state index contributed by atoms with van der Waals surface area (Å²) in [6.45, 7) is 1.08. The number of anilines is 1. The Bertz CT molecular complexity index is 1250. The number of amides is 1. The number of aryl methyl sites for hydroxylation is 1. The second-order valence-corrected chi connectivity index (χ2v) is 9.88. The molecule has 1 N–H and O–H groups in total. The topological polar surface area (TPSA) is 71.4 Å². The average Bonchev–Trinajstić information content (AvgIpc) is 3.46. The zero-order valence-corrected chi connectivity index (χ0v) is 17.6. The molecule has 5 rings (SSSR count). The molecule has 1 fully saturated rings. The molecule has 2 aliphatic rings. The maximum atomic E-state index is 12.9. The second kappa shape index (κ2) is 7.11. The molecule has 0 unspecified atom stereocenters. The molecule has 7 heteroatoms. The quantitative estimate of drug-likeness (QED) is 0.547. The van der Waals surface area contributed by atoms with Crippen LogP contribution in [0, 0.1) is 0 Å². The first-order valence-electron chi connectivity index (χ1n) is 10.1. The van der Waals surface area contributed by atoms with Gasteiger partial charge in [0.2, 0.25) is 10.0 Å². The molecule has 0 bridgehead atoms. The van der Waals surface area contributed by atoms with Gasteiger partial charge in [-0.05, 0) is 59.7 Å². The van der Waals surface area contributed by atoms with Gasteiger partial charge < -0.3 is 9.88 Å². The molecule has 0 saturated carbocycles. The fourth-order valence-electron chi connectivity index (χ4n) is 4.40. The van der Waals surface area contributed by atoms with Crippen LogP contribution in [-0.2, 0) is 23.5 Å². The van der Waals surface area contributed by atoms with Crippen LogP contribution in [0.1, 0.15) is 34.5 Å².